The fourth-order valence-corrected chi connectivity index (χ4v) is 2.54. The van der Waals surface area contributed by atoms with Crippen LogP contribution >= 0.6 is 0 Å². The van der Waals surface area contributed by atoms with Gasteiger partial charge in [-0.25, -0.2) is 4.98 Å². The van der Waals surface area contributed by atoms with Gasteiger partial charge in [-0.05, 0) is 25.1 Å². The molecule has 1 N–H and O–H groups in total. The third-order valence-electron chi connectivity index (χ3n) is 3.55. The van der Waals surface area contributed by atoms with Crippen LogP contribution in [-0.4, -0.2) is 28.4 Å². The number of hydrogen-bond donors (Lipinski definition) is 1. The smallest absolute Gasteiger partial charge is 0.276 e. The Bertz CT molecular complexity index is 725. The molecule has 0 saturated heterocycles. The van der Waals surface area contributed by atoms with E-state index in [-0.39, 0.29) is 5.91 Å². The molecule has 1 aliphatic rings. The molecule has 21 heavy (non-hydrogen) atoms. The zero-order valence-corrected chi connectivity index (χ0v) is 11.7. The average Bonchev–Trinajstić information content (AvgIpc) is 2.53. The highest BCUT2D eigenvalue weighted by molar-refractivity contribution is 6.14. The van der Waals surface area contributed by atoms with Gasteiger partial charge in [-0.2, -0.15) is 0 Å². The maximum atomic E-state index is 12.7. The Morgan fingerprint density at radius 2 is 2.05 bits per heavy atom. The molecule has 1 aromatic carbocycles. The number of oxime groups is 1. The van der Waals surface area contributed by atoms with E-state index >= 15 is 0 Å². The molecule has 106 valence electrons. The number of pyridine rings is 1. The molecule has 0 unspecified atom stereocenters. The summed E-state index contributed by atoms with van der Waals surface area (Å²) in [6.45, 7) is 2.34. The lowest BCUT2D eigenvalue weighted by Crippen LogP contribution is -2.38. The third kappa shape index (κ3) is 2.38. The van der Waals surface area contributed by atoms with E-state index in [0.717, 1.165) is 16.9 Å². The Kier molecular flexibility index (Phi) is 3.39. The minimum atomic E-state index is -0.136. The maximum absolute atomic E-state index is 12.7. The van der Waals surface area contributed by atoms with Crippen molar-refractivity contribution in [2.75, 3.05) is 11.4 Å². The Morgan fingerprint density at radius 1 is 1.24 bits per heavy atom. The Morgan fingerprint density at radius 3 is 2.81 bits per heavy atom. The van der Waals surface area contributed by atoms with Crippen molar-refractivity contribution in [2.24, 2.45) is 5.16 Å². The third-order valence-corrected chi connectivity index (χ3v) is 3.55. The fourth-order valence-electron chi connectivity index (χ4n) is 2.54. The van der Waals surface area contributed by atoms with Crippen LogP contribution in [0, 0.1) is 6.92 Å². The van der Waals surface area contributed by atoms with Crippen molar-refractivity contribution in [1.82, 2.24) is 4.98 Å². The highest BCUT2D eigenvalue weighted by Gasteiger charge is 2.27. The molecular weight excluding hydrogens is 266 g/mol. The molecule has 1 aliphatic heterocycles. The summed E-state index contributed by atoms with van der Waals surface area (Å²) >= 11 is 0. The molecule has 0 fully saturated rings. The van der Waals surface area contributed by atoms with Crippen LogP contribution in [0.1, 0.15) is 28.2 Å². The number of hydrogen-bond acceptors (Lipinski definition) is 4. The molecule has 1 amide bonds. The summed E-state index contributed by atoms with van der Waals surface area (Å²) in [6.07, 6.45) is 0.519. The maximum Gasteiger partial charge on any atom is 0.276 e. The Balaban J connectivity index is 2.02. The second-order valence-corrected chi connectivity index (χ2v) is 4.93. The number of fused-ring (bicyclic) bond motifs is 1. The van der Waals surface area contributed by atoms with E-state index in [2.05, 4.69) is 10.1 Å². The predicted molar refractivity (Wildman–Crippen MR) is 80.0 cm³/mol. The second-order valence-electron chi connectivity index (χ2n) is 4.93. The molecule has 0 aliphatic carbocycles. The van der Waals surface area contributed by atoms with Crippen molar-refractivity contribution in [3.05, 3.63) is 59.4 Å². The van der Waals surface area contributed by atoms with E-state index in [1.165, 1.54) is 0 Å². The monoisotopic (exact) mass is 281 g/mol. The summed E-state index contributed by atoms with van der Waals surface area (Å²) < 4.78 is 0. The Hall–Kier alpha value is -2.69. The van der Waals surface area contributed by atoms with Crippen molar-refractivity contribution in [3.8, 4) is 0 Å². The van der Waals surface area contributed by atoms with Gasteiger partial charge in [0.1, 0.15) is 5.69 Å². The number of benzene rings is 1. The number of carbonyl (C=O) groups is 1. The first kappa shape index (κ1) is 13.3. The average molecular weight is 281 g/mol. The summed E-state index contributed by atoms with van der Waals surface area (Å²) in [5.41, 5.74) is 3.38. The van der Waals surface area contributed by atoms with Gasteiger partial charge in [-0.1, -0.05) is 29.4 Å². The number of aryl methyl sites for hydroxylation is 1. The molecule has 0 bridgehead atoms. The highest BCUT2D eigenvalue weighted by Crippen LogP contribution is 2.28. The number of aromatic nitrogens is 1. The van der Waals surface area contributed by atoms with E-state index < -0.39 is 0 Å². The summed E-state index contributed by atoms with van der Waals surface area (Å²) in [6, 6.07) is 12.8. The minimum absolute atomic E-state index is 0.136. The molecule has 0 atom stereocenters. The summed E-state index contributed by atoms with van der Waals surface area (Å²) in [5, 5.41) is 12.4. The first-order valence-electron chi connectivity index (χ1n) is 6.76. The zero-order chi connectivity index (χ0) is 14.8. The fraction of sp³-hybridized carbons (Fsp3) is 0.188. The van der Waals surface area contributed by atoms with Crippen LogP contribution in [0.3, 0.4) is 0 Å². The first-order valence-corrected chi connectivity index (χ1v) is 6.76. The standard InChI is InChI=1S/C16H15N3O2/c1-11-5-4-7-14(17-11)16(20)19-10-9-13(18-21)12-6-2-3-8-15(12)19/h2-8,21H,9-10H2,1H3. The van der Waals surface area contributed by atoms with Gasteiger partial charge < -0.3 is 10.1 Å². The van der Waals surface area contributed by atoms with Crippen LogP contribution in [0.2, 0.25) is 0 Å². The molecule has 5 nitrogen and oxygen atoms in total. The first-order chi connectivity index (χ1) is 10.2. The van der Waals surface area contributed by atoms with Gasteiger partial charge >= 0.3 is 0 Å². The second kappa shape index (κ2) is 5.36. The number of nitrogens with zero attached hydrogens (tertiary/aromatic N) is 3. The molecule has 0 spiro atoms. The Labute approximate surface area is 122 Å². The lowest BCUT2D eigenvalue weighted by atomic mass is 9.99. The van der Waals surface area contributed by atoms with Gasteiger partial charge in [-0.3, -0.25) is 4.79 Å². The van der Waals surface area contributed by atoms with Gasteiger partial charge in [0.05, 0.1) is 11.4 Å². The molecule has 5 heteroatoms. The van der Waals surface area contributed by atoms with Crippen LogP contribution in [0.15, 0.2) is 47.6 Å². The molecule has 2 aromatic rings. The summed E-state index contributed by atoms with van der Waals surface area (Å²) in [7, 11) is 0. The van der Waals surface area contributed by atoms with Gasteiger partial charge in [0, 0.05) is 24.2 Å². The van der Waals surface area contributed by atoms with Gasteiger partial charge in [0.25, 0.3) is 5.91 Å². The lowest BCUT2D eigenvalue weighted by Gasteiger charge is -2.29. The predicted octanol–water partition coefficient (Wildman–Crippen LogP) is 2.62. The SMILES string of the molecule is Cc1cccc(C(=O)N2CCC(=NO)c3ccccc32)n1. The van der Waals surface area contributed by atoms with Crippen LogP contribution < -0.4 is 4.90 Å². The van der Waals surface area contributed by atoms with E-state index in [0.29, 0.717) is 24.4 Å². The summed E-state index contributed by atoms with van der Waals surface area (Å²) in [4.78, 5) is 18.6. The molecule has 0 saturated carbocycles. The van der Waals surface area contributed by atoms with Crippen LogP contribution in [-0.2, 0) is 0 Å². The quantitative estimate of drug-likeness (QED) is 0.645. The largest absolute Gasteiger partial charge is 0.411 e. The van der Waals surface area contributed by atoms with E-state index in [1.807, 2.05) is 43.3 Å². The van der Waals surface area contributed by atoms with Crippen LogP contribution in [0.4, 0.5) is 5.69 Å². The molecule has 3 rings (SSSR count). The lowest BCUT2D eigenvalue weighted by molar-refractivity contribution is 0.0982. The van der Waals surface area contributed by atoms with Crippen molar-refractivity contribution in [1.29, 1.82) is 0 Å². The van der Waals surface area contributed by atoms with E-state index in [9.17, 15) is 4.79 Å². The molecule has 1 aromatic heterocycles. The van der Waals surface area contributed by atoms with E-state index in [4.69, 9.17) is 5.21 Å². The summed E-state index contributed by atoms with van der Waals surface area (Å²) in [5.74, 6) is -0.136. The molecular formula is C16H15N3O2. The number of carbonyl (C=O) groups excluding carboxylic acids is 1. The number of para-hydroxylation sites is 1. The molecule has 0 radical (unpaired) electrons. The van der Waals surface area contributed by atoms with E-state index in [1.54, 1.807) is 11.0 Å². The number of anilines is 1. The highest BCUT2D eigenvalue weighted by atomic mass is 16.4. The molecule has 2 heterocycles. The van der Waals surface area contributed by atoms with Crippen molar-refractivity contribution >= 4 is 17.3 Å². The van der Waals surface area contributed by atoms with Crippen LogP contribution in [0.25, 0.3) is 0 Å². The number of rotatable bonds is 1. The zero-order valence-electron chi connectivity index (χ0n) is 11.7. The van der Waals surface area contributed by atoms with Gasteiger partial charge in [0.15, 0.2) is 0 Å². The van der Waals surface area contributed by atoms with Crippen LogP contribution in [0.5, 0.6) is 0 Å². The normalized spacial score (nSPS) is 15.9. The van der Waals surface area contributed by atoms with Crippen molar-refractivity contribution < 1.29 is 10.0 Å². The van der Waals surface area contributed by atoms with Crippen molar-refractivity contribution in [3.63, 3.8) is 0 Å². The van der Waals surface area contributed by atoms with Crippen molar-refractivity contribution in [2.45, 2.75) is 13.3 Å². The number of amides is 1. The van der Waals surface area contributed by atoms with Gasteiger partial charge in [-0.15, -0.1) is 0 Å². The minimum Gasteiger partial charge on any atom is -0.411 e. The van der Waals surface area contributed by atoms with Gasteiger partial charge in [0.2, 0.25) is 0 Å². The topological polar surface area (TPSA) is 65.8 Å².